The highest BCUT2D eigenvalue weighted by molar-refractivity contribution is 8.00. The van der Waals surface area contributed by atoms with E-state index >= 15 is 0 Å². The molecule has 2 aromatic carbocycles. The molecule has 0 spiro atoms. The summed E-state index contributed by atoms with van der Waals surface area (Å²) in [5, 5.41) is 12.1. The highest BCUT2D eigenvalue weighted by atomic mass is 32.2. The van der Waals surface area contributed by atoms with Gasteiger partial charge < -0.3 is 4.42 Å². The third-order valence-corrected chi connectivity index (χ3v) is 6.26. The quantitative estimate of drug-likeness (QED) is 0.341. The Kier molecular flexibility index (Phi) is 5.15. The SMILES string of the molecule is Cc1ccc2c(C)c(C(=O)Nc3nnc(SCc4ccccc4F)s3)oc2c1. The first-order valence-corrected chi connectivity index (χ1v) is 10.3. The van der Waals surface area contributed by atoms with Gasteiger partial charge in [0.25, 0.3) is 5.91 Å². The van der Waals surface area contributed by atoms with E-state index in [1.165, 1.54) is 29.2 Å². The topological polar surface area (TPSA) is 68.0 Å². The van der Waals surface area contributed by atoms with Gasteiger partial charge in [-0.15, -0.1) is 10.2 Å². The molecule has 0 saturated heterocycles. The van der Waals surface area contributed by atoms with Crippen molar-refractivity contribution in [1.82, 2.24) is 10.2 Å². The average Bonchev–Trinajstić information content (AvgIpc) is 3.25. The molecule has 0 saturated carbocycles. The number of hydrogen-bond donors (Lipinski definition) is 1. The Balaban J connectivity index is 1.46. The van der Waals surface area contributed by atoms with E-state index in [1.807, 2.05) is 32.0 Å². The molecule has 0 radical (unpaired) electrons. The van der Waals surface area contributed by atoms with Crippen LogP contribution in [-0.4, -0.2) is 16.1 Å². The minimum Gasteiger partial charge on any atom is -0.451 e. The van der Waals surface area contributed by atoms with Crippen LogP contribution in [0.2, 0.25) is 0 Å². The van der Waals surface area contributed by atoms with Crippen molar-refractivity contribution >= 4 is 45.1 Å². The molecule has 142 valence electrons. The summed E-state index contributed by atoms with van der Waals surface area (Å²) in [6, 6.07) is 12.4. The summed E-state index contributed by atoms with van der Waals surface area (Å²) in [4.78, 5) is 12.6. The van der Waals surface area contributed by atoms with E-state index < -0.39 is 0 Å². The van der Waals surface area contributed by atoms with Gasteiger partial charge in [0, 0.05) is 16.7 Å². The van der Waals surface area contributed by atoms with Gasteiger partial charge in [0.1, 0.15) is 11.4 Å². The molecular formula is C20H16FN3O2S2. The van der Waals surface area contributed by atoms with E-state index in [0.29, 0.717) is 26.4 Å². The van der Waals surface area contributed by atoms with Crippen LogP contribution in [0.25, 0.3) is 11.0 Å². The molecule has 4 rings (SSSR count). The van der Waals surface area contributed by atoms with Gasteiger partial charge in [0.05, 0.1) is 0 Å². The molecular weight excluding hydrogens is 397 g/mol. The van der Waals surface area contributed by atoms with Crippen molar-refractivity contribution in [1.29, 1.82) is 0 Å². The number of rotatable bonds is 5. The summed E-state index contributed by atoms with van der Waals surface area (Å²) in [7, 11) is 0. The van der Waals surface area contributed by atoms with E-state index in [-0.39, 0.29) is 17.5 Å². The number of hydrogen-bond acceptors (Lipinski definition) is 6. The molecule has 8 heteroatoms. The zero-order valence-electron chi connectivity index (χ0n) is 15.2. The lowest BCUT2D eigenvalue weighted by Crippen LogP contribution is -2.11. The summed E-state index contributed by atoms with van der Waals surface area (Å²) in [6.07, 6.45) is 0. The summed E-state index contributed by atoms with van der Waals surface area (Å²) in [5.41, 5.74) is 3.13. The molecule has 28 heavy (non-hydrogen) atoms. The van der Waals surface area contributed by atoms with Crippen LogP contribution in [0, 0.1) is 19.7 Å². The standard InChI is InChI=1S/C20H16FN3O2S2/c1-11-7-8-14-12(2)17(26-16(14)9-11)18(25)22-19-23-24-20(28-19)27-10-13-5-3-4-6-15(13)21/h3-9H,10H2,1-2H3,(H,22,23,25). The fourth-order valence-corrected chi connectivity index (χ4v) is 4.51. The first-order chi connectivity index (χ1) is 13.5. The zero-order valence-corrected chi connectivity index (χ0v) is 16.8. The minimum absolute atomic E-state index is 0.247. The number of nitrogens with zero attached hydrogens (tertiary/aromatic N) is 2. The van der Waals surface area contributed by atoms with Crippen molar-refractivity contribution < 1.29 is 13.6 Å². The number of halogens is 1. The van der Waals surface area contributed by atoms with E-state index in [0.717, 1.165) is 16.5 Å². The lowest BCUT2D eigenvalue weighted by molar-refractivity contribution is 0.0998. The van der Waals surface area contributed by atoms with Crippen LogP contribution in [0.4, 0.5) is 9.52 Å². The third-order valence-electron chi connectivity index (χ3n) is 4.24. The number of furan rings is 1. The Bertz CT molecular complexity index is 1170. The Hall–Kier alpha value is -2.71. The first kappa shape index (κ1) is 18.6. The number of benzene rings is 2. The maximum atomic E-state index is 13.7. The van der Waals surface area contributed by atoms with Gasteiger partial charge in [0.15, 0.2) is 10.1 Å². The van der Waals surface area contributed by atoms with Crippen molar-refractivity contribution in [2.24, 2.45) is 0 Å². The molecule has 0 aliphatic carbocycles. The van der Waals surface area contributed by atoms with E-state index in [1.54, 1.807) is 18.2 Å². The number of amides is 1. The predicted octanol–water partition coefficient (Wildman–Crippen LogP) is 5.58. The van der Waals surface area contributed by atoms with Crippen LogP contribution in [0.5, 0.6) is 0 Å². The van der Waals surface area contributed by atoms with Crippen LogP contribution >= 0.6 is 23.1 Å². The van der Waals surface area contributed by atoms with E-state index in [2.05, 4.69) is 15.5 Å². The van der Waals surface area contributed by atoms with Crippen LogP contribution in [-0.2, 0) is 5.75 Å². The van der Waals surface area contributed by atoms with Gasteiger partial charge in [-0.25, -0.2) is 4.39 Å². The number of thioether (sulfide) groups is 1. The Labute approximate surface area is 169 Å². The van der Waals surface area contributed by atoms with Crippen molar-refractivity contribution in [3.8, 4) is 0 Å². The maximum absolute atomic E-state index is 13.7. The molecule has 2 heterocycles. The molecule has 0 fully saturated rings. The fraction of sp³-hybridized carbons (Fsp3) is 0.150. The van der Waals surface area contributed by atoms with Crippen molar-refractivity contribution in [3.05, 3.63) is 70.7 Å². The zero-order chi connectivity index (χ0) is 19.7. The van der Waals surface area contributed by atoms with Crippen molar-refractivity contribution in [2.75, 3.05) is 5.32 Å². The van der Waals surface area contributed by atoms with Crippen LogP contribution in [0.3, 0.4) is 0 Å². The molecule has 1 amide bonds. The monoisotopic (exact) mass is 413 g/mol. The van der Waals surface area contributed by atoms with Crippen molar-refractivity contribution in [3.63, 3.8) is 0 Å². The molecule has 0 atom stereocenters. The Morgan fingerprint density at radius 3 is 2.86 bits per heavy atom. The second-order valence-corrected chi connectivity index (χ2v) is 8.46. The number of carbonyl (C=O) groups excluding carboxylic acids is 1. The highest BCUT2D eigenvalue weighted by Crippen LogP contribution is 2.30. The van der Waals surface area contributed by atoms with Gasteiger partial charge in [-0.05, 0) is 37.1 Å². The van der Waals surface area contributed by atoms with Crippen LogP contribution in [0.1, 0.15) is 27.2 Å². The molecule has 4 aromatic rings. The van der Waals surface area contributed by atoms with Crippen LogP contribution < -0.4 is 5.32 Å². The number of nitrogens with one attached hydrogen (secondary N) is 1. The Morgan fingerprint density at radius 2 is 2.04 bits per heavy atom. The molecule has 0 aliphatic heterocycles. The Morgan fingerprint density at radius 1 is 1.21 bits per heavy atom. The van der Waals surface area contributed by atoms with E-state index in [9.17, 15) is 9.18 Å². The summed E-state index contributed by atoms with van der Waals surface area (Å²) in [6.45, 7) is 3.82. The largest absolute Gasteiger partial charge is 0.451 e. The van der Waals surface area contributed by atoms with Crippen molar-refractivity contribution in [2.45, 2.75) is 23.9 Å². The first-order valence-electron chi connectivity index (χ1n) is 8.52. The number of carbonyl (C=O) groups is 1. The second-order valence-electron chi connectivity index (χ2n) is 6.26. The van der Waals surface area contributed by atoms with Gasteiger partial charge in [0.2, 0.25) is 5.13 Å². The molecule has 0 aliphatic rings. The van der Waals surface area contributed by atoms with Gasteiger partial charge in [-0.1, -0.05) is 53.4 Å². The van der Waals surface area contributed by atoms with Gasteiger partial charge in [-0.3, -0.25) is 10.1 Å². The lowest BCUT2D eigenvalue weighted by atomic mass is 10.1. The van der Waals surface area contributed by atoms with Crippen LogP contribution in [0.15, 0.2) is 51.2 Å². The normalized spacial score (nSPS) is 11.1. The number of aryl methyl sites for hydroxylation is 2. The number of aromatic nitrogens is 2. The van der Waals surface area contributed by atoms with E-state index in [4.69, 9.17) is 4.42 Å². The third kappa shape index (κ3) is 3.79. The smallest absolute Gasteiger partial charge is 0.293 e. The molecule has 1 N–H and O–H groups in total. The number of anilines is 1. The predicted molar refractivity (Wildman–Crippen MR) is 110 cm³/mol. The molecule has 0 bridgehead atoms. The summed E-state index contributed by atoms with van der Waals surface area (Å²) >= 11 is 2.61. The average molecular weight is 413 g/mol. The lowest BCUT2D eigenvalue weighted by Gasteiger charge is -2.00. The van der Waals surface area contributed by atoms with Gasteiger partial charge >= 0.3 is 0 Å². The second kappa shape index (κ2) is 7.73. The molecule has 2 aromatic heterocycles. The summed E-state index contributed by atoms with van der Waals surface area (Å²) in [5.74, 6) is 0.0882. The highest BCUT2D eigenvalue weighted by Gasteiger charge is 2.19. The molecule has 0 unspecified atom stereocenters. The maximum Gasteiger partial charge on any atom is 0.293 e. The van der Waals surface area contributed by atoms with Gasteiger partial charge in [-0.2, -0.15) is 0 Å². The number of fused-ring (bicyclic) bond motifs is 1. The minimum atomic E-state index is -0.367. The fourth-order valence-electron chi connectivity index (χ4n) is 2.78. The molecule has 5 nitrogen and oxygen atoms in total. The summed E-state index contributed by atoms with van der Waals surface area (Å²) < 4.78 is 20.1.